The van der Waals surface area contributed by atoms with Gasteiger partial charge in [-0.15, -0.1) is 0 Å². The summed E-state index contributed by atoms with van der Waals surface area (Å²) in [5.41, 5.74) is 58.5. The number of benzene rings is 11. The van der Waals surface area contributed by atoms with E-state index in [-0.39, 0.29) is 0 Å². The van der Waals surface area contributed by atoms with Crippen molar-refractivity contribution in [1.29, 1.82) is 0 Å². The van der Waals surface area contributed by atoms with Crippen LogP contribution in [-0.4, -0.2) is 0 Å². The number of rotatable bonds is 13. The molecule has 0 saturated carbocycles. The van der Waals surface area contributed by atoms with Crippen LogP contribution < -0.4 is 9.80 Å². The summed E-state index contributed by atoms with van der Waals surface area (Å²) in [6.45, 7) is 7.15. The third kappa shape index (κ3) is 11.3. The van der Waals surface area contributed by atoms with Gasteiger partial charge in [0, 0.05) is 34.1 Å². The molecule has 2 nitrogen and oxygen atoms in total. The number of aryl methyl sites for hydroxylation is 2. The van der Waals surface area contributed by atoms with E-state index < -0.39 is 5.41 Å². The summed E-state index contributed by atoms with van der Waals surface area (Å²) >= 11 is 0. The number of fused-ring (bicyclic) bond motifs is 4. The number of anilines is 6. The Labute approximate surface area is 509 Å². The van der Waals surface area contributed by atoms with Gasteiger partial charge in [0.05, 0.1) is 5.41 Å². The lowest BCUT2D eigenvalue weighted by Crippen LogP contribution is -2.19. The molecular formula is C85H54N2. The summed E-state index contributed by atoms with van der Waals surface area (Å²) in [6.07, 6.45) is 6.22. The standard InChI is InChI=1S/C85H54N2/c1-3-5-7-9-11-21-57-85(58-22-12-10-8-6-4-2)83-34-20-19-33-81(83)82-56-55-80(62-84(82)85)87(77-46-37-65(38-47-77)63-25-15-13-16-26-63)78-52-43-69(44-53-78)73-32-24-31-72(60-73)68-41-50-76(51-42-68)86(79-54-45-66-35-36-74(66)61-79)75-48-39-67(40-49-75)71-30-23-29-70(59-71)64-27-17-14-18-28-64/h13-20,23-34,37-62H,1-2,35-36H2. The summed E-state index contributed by atoms with van der Waals surface area (Å²) in [4.78, 5) is 4.70. The maximum absolute atomic E-state index is 3.57. The van der Waals surface area contributed by atoms with Gasteiger partial charge in [0.2, 0.25) is 0 Å². The molecule has 0 amide bonds. The van der Waals surface area contributed by atoms with Crippen molar-refractivity contribution in [2.24, 2.45) is 0 Å². The summed E-state index contributed by atoms with van der Waals surface area (Å²) < 4.78 is 0. The minimum Gasteiger partial charge on any atom is -0.310 e. The van der Waals surface area contributed by atoms with Crippen molar-refractivity contribution in [3.63, 3.8) is 0 Å². The molecule has 87 heavy (non-hydrogen) atoms. The fourth-order valence-corrected chi connectivity index (χ4v) is 11.9. The van der Waals surface area contributed by atoms with Crippen molar-refractivity contribution in [2.45, 2.75) is 18.3 Å². The molecule has 0 heterocycles. The van der Waals surface area contributed by atoms with E-state index >= 15 is 0 Å². The highest BCUT2D eigenvalue weighted by Gasteiger charge is 2.40. The van der Waals surface area contributed by atoms with Gasteiger partial charge in [0.25, 0.3) is 0 Å². The first-order chi connectivity index (χ1) is 43.0. The van der Waals surface area contributed by atoms with Crippen molar-refractivity contribution < 1.29 is 0 Å². The van der Waals surface area contributed by atoms with Gasteiger partial charge in [-0.2, -0.15) is 0 Å². The van der Waals surface area contributed by atoms with Gasteiger partial charge < -0.3 is 9.80 Å². The van der Waals surface area contributed by atoms with Crippen LogP contribution in [0.2, 0.25) is 0 Å². The fraction of sp³-hybridized carbons (Fsp3) is 0.0353. The number of hydrogen-bond acceptors (Lipinski definition) is 2. The van der Waals surface area contributed by atoms with Gasteiger partial charge in [-0.1, -0.05) is 205 Å². The number of nitrogens with zero attached hydrogens (tertiary/aromatic N) is 2. The molecule has 13 rings (SSSR count). The molecule has 2 heteroatoms. The largest absolute Gasteiger partial charge is 0.310 e. The van der Waals surface area contributed by atoms with Crippen molar-refractivity contribution in [2.75, 3.05) is 9.80 Å². The summed E-state index contributed by atoms with van der Waals surface area (Å²) in [7, 11) is 0. The Morgan fingerprint density at radius 1 is 0.276 bits per heavy atom. The topological polar surface area (TPSA) is 6.48 Å². The minimum absolute atomic E-state index is 0.842. The van der Waals surface area contributed by atoms with Gasteiger partial charge in [-0.25, -0.2) is 0 Å². The van der Waals surface area contributed by atoms with E-state index in [4.69, 9.17) is 0 Å². The molecule has 0 atom stereocenters. The minimum atomic E-state index is -0.842. The highest BCUT2D eigenvalue weighted by atomic mass is 15.1. The second-order valence-corrected chi connectivity index (χ2v) is 21.3. The van der Waals surface area contributed by atoms with Crippen LogP contribution in [0.15, 0.2) is 361 Å². The Morgan fingerprint density at radius 3 is 1.08 bits per heavy atom. The zero-order chi connectivity index (χ0) is 58.8. The number of allylic oxidation sites excluding steroid dienone is 2. The lowest BCUT2D eigenvalue weighted by atomic mass is 9.78. The van der Waals surface area contributed by atoms with Crippen molar-refractivity contribution in [1.82, 2.24) is 0 Å². The average molecular weight is 1100 g/mol. The lowest BCUT2D eigenvalue weighted by Gasteiger charge is -2.29. The van der Waals surface area contributed by atoms with Crippen molar-refractivity contribution in [3.8, 4) is 66.8 Å². The maximum Gasteiger partial charge on any atom is 0.0736 e. The molecule has 11 aromatic carbocycles. The molecule has 0 bridgehead atoms. The second kappa shape index (κ2) is 24.8. The Morgan fingerprint density at radius 2 is 0.632 bits per heavy atom. The number of hydrogen-bond donors (Lipinski definition) is 0. The van der Waals surface area contributed by atoms with Gasteiger partial charge in [-0.05, 0) is 258 Å². The van der Waals surface area contributed by atoms with E-state index in [0.29, 0.717) is 0 Å². The molecule has 0 aromatic heterocycles. The molecule has 0 saturated heterocycles. The van der Waals surface area contributed by atoms with Crippen molar-refractivity contribution in [3.05, 3.63) is 383 Å². The van der Waals surface area contributed by atoms with Crippen LogP contribution in [0.25, 0.3) is 66.8 Å². The molecule has 0 aliphatic heterocycles. The van der Waals surface area contributed by atoms with Crippen LogP contribution in [0.5, 0.6) is 0 Å². The molecule has 0 N–H and O–H groups in total. The Hall–Kier alpha value is -12.1. The van der Waals surface area contributed by atoms with E-state index in [1.807, 2.05) is 18.2 Å². The third-order valence-electron chi connectivity index (χ3n) is 16.2. The molecule has 0 unspecified atom stereocenters. The monoisotopic (exact) mass is 1100 g/mol. The molecule has 0 spiro atoms. The Bertz CT molecular complexity index is 4880. The second-order valence-electron chi connectivity index (χ2n) is 21.3. The SMILES string of the molecule is C=C=C=C=C=C=C=CC1(C=C=C=C=C=C=C=C)c2ccccc2-c2ccc(N(c3ccc(-c4ccccc4)cc3)c3ccc(-c4cccc(-c5ccc(N(c6ccc(-c7cccc(-c8ccccc8)c7)cc6)c6ccc7c(c6)CC7)cc5)c4)cc3)cc21. The van der Waals surface area contributed by atoms with Gasteiger partial charge >= 0.3 is 0 Å². The quantitative estimate of drug-likeness (QED) is 0.106. The van der Waals surface area contributed by atoms with Gasteiger partial charge in [0.1, 0.15) is 0 Å². The van der Waals surface area contributed by atoms with Crippen LogP contribution in [0, 0.1) is 0 Å². The molecule has 2 aliphatic rings. The highest BCUT2D eigenvalue weighted by molar-refractivity contribution is 5.89. The molecule has 0 fully saturated rings. The Balaban J connectivity index is 0.844. The smallest absolute Gasteiger partial charge is 0.0736 e. The van der Waals surface area contributed by atoms with E-state index in [1.54, 1.807) is 0 Å². The van der Waals surface area contributed by atoms with Crippen LogP contribution in [-0.2, 0) is 18.3 Å². The van der Waals surface area contributed by atoms with Crippen LogP contribution >= 0.6 is 0 Å². The van der Waals surface area contributed by atoms with E-state index in [1.165, 1.54) is 33.4 Å². The maximum atomic E-state index is 3.57. The first-order valence-corrected chi connectivity index (χ1v) is 29.0. The average Bonchev–Trinajstić information content (AvgIpc) is 1.61. The molecular weight excluding hydrogens is 1050 g/mol. The summed E-state index contributed by atoms with van der Waals surface area (Å²) in [6, 6.07) is 96.4. The molecule has 0 radical (unpaired) electrons. The summed E-state index contributed by atoms with van der Waals surface area (Å²) in [5, 5.41) is 0. The van der Waals surface area contributed by atoms with Crippen LogP contribution in [0.3, 0.4) is 0 Å². The van der Waals surface area contributed by atoms with Crippen LogP contribution in [0.1, 0.15) is 22.3 Å². The van der Waals surface area contributed by atoms with E-state index in [2.05, 4.69) is 353 Å². The Kier molecular flexibility index (Phi) is 15.4. The van der Waals surface area contributed by atoms with Gasteiger partial charge in [-0.3, -0.25) is 0 Å². The highest BCUT2D eigenvalue weighted by Crippen LogP contribution is 2.53. The normalized spacial score (nSPS) is 12.6. The fourth-order valence-electron chi connectivity index (χ4n) is 11.9. The summed E-state index contributed by atoms with van der Waals surface area (Å²) in [5.74, 6) is 0. The molecule has 404 valence electrons. The van der Waals surface area contributed by atoms with Crippen LogP contribution in [0.4, 0.5) is 34.1 Å². The van der Waals surface area contributed by atoms with Gasteiger partial charge in [0.15, 0.2) is 0 Å². The first-order valence-electron chi connectivity index (χ1n) is 29.0. The van der Waals surface area contributed by atoms with E-state index in [9.17, 15) is 0 Å². The third-order valence-corrected chi connectivity index (χ3v) is 16.2. The zero-order valence-electron chi connectivity index (χ0n) is 47.8. The van der Waals surface area contributed by atoms with E-state index in [0.717, 1.165) is 103 Å². The first kappa shape index (κ1) is 54.1. The predicted octanol–water partition coefficient (Wildman–Crippen LogP) is 21.6. The zero-order valence-corrected chi connectivity index (χ0v) is 47.8. The predicted molar refractivity (Wildman–Crippen MR) is 359 cm³/mol. The van der Waals surface area contributed by atoms with Crippen molar-refractivity contribution >= 4 is 34.1 Å². The lowest BCUT2D eigenvalue weighted by molar-refractivity contribution is 0.839. The molecule has 2 aliphatic carbocycles. The molecule has 11 aromatic rings.